The van der Waals surface area contributed by atoms with E-state index in [4.69, 9.17) is 0 Å². The number of hydrogen-bond acceptors (Lipinski definition) is 1. The minimum absolute atomic E-state index is 0.507. The lowest BCUT2D eigenvalue weighted by molar-refractivity contribution is 0.283. The van der Waals surface area contributed by atoms with Gasteiger partial charge in [-0.2, -0.15) is 0 Å². The molecule has 0 unspecified atom stereocenters. The Morgan fingerprint density at radius 3 is 2.14 bits per heavy atom. The minimum atomic E-state index is 0.507. The summed E-state index contributed by atoms with van der Waals surface area (Å²) in [5.41, 5.74) is 2.83. The van der Waals surface area contributed by atoms with E-state index in [0.717, 1.165) is 31.0 Å². The van der Waals surface area contributed by atoms with E-state index in [0.29, 0.717) is 5.41 Å². The van der Waals surface area contributed by atoms with E-state index in [9.17, 15) is 0 Å². The normalized spacial score (nSPS) is 11.9. The molecule has 0 aliphatic carbocycles. The van der Waals surface area contributed by atoms with Crippen LogP contribution in [0.15, 0.2) is 24.3 Å². The maximum atomic E-state index is 4.04. The first-order valence-corrected chi connectivity index (χ1v) is 9.29. The lowest BCUT2D eigenvalue weighted by atomic mass is 9.82. The van der Waals surface area contributed by atoms with Gasteiger partial charge < -0.3 is 5.32 Å². The van der Waals surface area contributed by atoms with Gasteiger partial charge in [-0.05, 0) is 63.5 Å². The lowest BCUT2D eigenvalue weighted by Gasteiger charge is -2.25. The summed E-state index contributed by atoms with van der Waals surface area (Å²) in [7, 11) is 0. The molecule has 0 spiro atoms. The van der Waals surface area contributed by atoms with Crippen LogP contribution in [0.3, 0.4) is 0 Å². The van der Waals surface area contributed by atoms with E-state index in [1.807, 2.05) is 6.92 Å². The molecule has 0 rings (SSSR count). The van der Waals surface area contributed by atoms with Crippen LogP contribution in [-0.2, 0) is 0 Å². The zero-order valence-corrected chi connectivity index (χ0v) is 16.1. The maximum Gasteiger partial charge on any atom is -0.00458 e. The van der Waals surface area contributed by atoms with Gasteiger partial charge in [0.25, 0.3) is 0 Å². The Bertz CT molecular complexity index is 312. The number of hydrogen-bond donors (Lipinski definition) is 1. The topological polar surface area (TPSA) is 12.0 Å². The highest BCUT2D eigenvalue weighted by atomic mass is 14.8. The van der Waals surface area contributed by atoms with Gasteiger partial charge >= 0.3 is 0 Å². The smallest absolute Gasteiger partial charge is 0.00458 e. The summed E-state index contributed by atoms with van der Waals surface area (Å²) >= 11 is 0. The Balaban J connectivity index is 3.52. The molecule has 130 valence electrons. The highest BCUT2D eigenvalue weighted by molar-refractivity contribution is 5.22. The quantitative estimate of drug-likeness (QED) is 0.285. The van der Waals surface area contributed by atoms with Crippen LogP contribution in [0.25, 0.3) is 0 Å². The van der Waals surface area contributed by atoms with Crippen molar-refractivity contribution < 1.29 is 0 Å². The van der Waals surface area contributed by atoms with Crippen molar-refractivity contribution >= 4 is 0 Å². The minimum Gasteiger partial charge on any atom is -0.317 e. The molecule has 0 aromatic heterocycles. The third kappa shape index (κ3) is 13.1. The highest BCUT2D eigenvalue weighted by Gasteiger charge is 2.16. The van der Waals surface area contributed by atoms with Gasteiger partial charge in [0.2, 0.25) is 0 Å². The third-order valence-corrected chi connectivity index (χ3v) is 4.53. The molecule has 0 heterocycles. The van der Waals surface area contributed by atoms with Crippen molar-refractivity contribution in [2.75, 3.05) is 13.1 Å². The molecule has 0 saturated carbocycles. The Morgan fingerprint density at radius 1 is 0.955 bits per heavy atom. The van der Waals surface area contributed by atoms with Crippen LogP contribution in [0.5, 0.6) is 0 Å². The molecule has 1 nitrogen and oxygen atoms in total. The van der Waals surface area contributed by atoms with Crippen LogP contribution >= 0.6 is 0 Å². The van der Waals surface area contributed by atoms with E-state index in [1.54, 1.807) is 0 Å². The van der Waals surface area contributed by atoms with Crippen molar-refractivity contribution in [1.82, 2.24) is 5.32 Å². The molecule has 0 atom stereocenters. The average molecular weight is 308 g/mol. The number of nitrogens with one attached hydrogen (secondary N) is 1. The Kier molecular flexibility index (Phi) is 11.6. The van der Waals surface area contributed by atoms with Crippen molar-refractivity contribution in [1.29, 1.82) is 0 Å². The monoisotopic (exact) mass is 307 g/mol. The molecule has 0 aliphatic rings. The number of rotatable bonds is 14. The third-order valence-electron chi connectivity index (χ3n) is 4.53. The van der Waals surface area contributed by atoms with Crippen LogP contribution in [0.1, 0.15) is 86.0 Å². The van der Waals surface area contributed by atoms with Gasteiger partial charge in [-0.25, -0.2) is 0 Å². The van der Waals surface area contributed by atoms with Gasteiger partial charge in [0, 0.05) is 0 Å². The predicted octanol–water partition coefficient (Wildman–Crippen LogP) is 6.51. The van der Waals surface area contributed by atoms with Crippen LogP contribution in [0.2, 0.25) is 0 Å². The predicted molar refractivity (Wildman–Crippen MR) is 102 cm³/mol. The zero-order chi connectivity index (χ0) is 17.0. The number of unbranched alkanes of at least 4 members (excludes halogenated alkanes) is 1. The molecule has 0 amide bonds. The average Bonchev–Trinajstić information content (AvgIpc) is 2.42. The molecule has 1 heteroatoms. The first-order chi connectivity index (χ1) is 10.2. The second-order valence-corrected chi connectivity index (χ2v) is 8.14. The van der Waals surface area contributed by atoms with Crippen molar-refractivity contribution in [3.05, 3.63) is 24.3 Å². The van der Waals surface area contributed by atoms with Crippen LogP contribution in [0.4, 0.5) is 0 Å². The molecule has 0 aromatic carbocycles. The number of allylic oxidation sites excluding steroid dienone is 2. The molecule has 0 radical (unpaired) electrons. The Labute approximate surface area is 140 Å². The largest absolute Gasteiger partial charge is 0.317 e. The van der Waals surface area contributed by atoms with Gasteiger partial charge in [0.15, 0.2) is 0 Å². The van der Waals surface area contributed by atoms with Crippen molar-refractivity contribution in [2.45, 2.75) is 86.0 Å². The molecule has 0 saturated heterocycles. The fourth-order valence-corrected chi connectivity index (χ4v) is 2.74. The van der Waals surface area contributed by atoms with E-state index < -0.39 is 0 Å². The van der Waals surface area contributed by atoms with Crippen LogP contribution in [0, 0.1) is 11.3 Å². The fourth-order valence-electron chi connectivity index (χ4n) is 2.74. The van der Waals surface area contributed by atoms with E-state index in [2.05, 4.69) is 46.2 Å². The van der Waals surface area contributed by atoms with Crippen molar-refractivity contribution in [2.24, 2.45) is 11.3 Å². The van der Waals surface area contributed by atoms with E-state index >= 15 is 0 Å². The summed E-state index contributed by atoms with van der Waals surface area (Å²) in [6.45, 7) is 21.8. The summed E-state index contributed by atoms with van der Waals surface area (Å²) in [5, 5.41) is 3.56. The van der Waals surface area contributed by atoms with Crippen LogP contribution in [-0.4, -0.2) is 13.1 Å². The standard InChI is InChI=1S/C21H41N/c1-18(2)12-8-9-14-21(6,7)15-11-17-22-16-10-13-20(5)19(3)4/h18,22H,3,5,8-17H2,1-2,4,6-7H3. The van der Waals surface area contributed by atoms with E-state index in [-0.39, 0.29) is 0 Å². The molecule has 1 N–H and O–H groups in total. The first-order valence-electron chi connectivity index (χ1n) is 9.29. The molecule has 0 aromatic rings. The lowest BCUT2D eigenvalue weighted by Crippen LogP contribution is -2.20. The van der Waals surface area contributed by atoms with Crippen LogP contribution < -0.4 is 5.32 Å². The fraction of sp³-hybridized carbons (Fsp3) is 0.810. The highest BCUT2D eigenvalue weighted by Crippen LogP contribution is 2.29. The molecule has 22 heavy (non-hydrogen) atoms. The molecule has 0 bridgehead atoms. The summed E-state index contributed by atoms with van der Waals surface area (Å²) in [6, 6.07) is 0. The second kappa shape index (κ2) is 11.9. The molecular weight excluding hydrogens is 266 g/mol. The van der Waals surface area contributed by atoms with Crippen molar-refractivity contribution in [3.8, 4) is 0 Å². The van der Waals surface area contributed by atoms with Gasteiger partial charge in [0.1, 0.15) is 0 Å². The summed E-state index contributed by atoms with van der Waals surface area (Å²) < 4.78 is 0. The van der Waals surface area contributed by atoms with Gasteiger partial charge in [-0.15, -0.1) is 0 Å². The molecule has 0 aliphatic heterocycles. The summed E-state index contributed by atoms with van der Waals surface area (Å²) in [5.74, 6) is 0.855. The summed E-state index contributed by atoms with van der Waals surface area (Å²) in [4.78, 5) is 0. The van der Waals surface area contributed by atoms with Gasteiger partial charge in [-0.3, -0.25) is 0 Å². The van der Waals surface area contributed by atoms with Gasteiger partial charge in [-0.1, -0.05) is 71.3 Å². The Morgan fingerprint density at radius 2 is 1.55 bits per heavy atom. The van der Waals surface area contributed by atoms with Crippen molar-refractivity contribution in [3.63, 3.8) is 0 Å². The molecular formula is C21H41N. The summed E-state index contributed by atoms with van der Waals surface area (Å²) in [6.07, 6.45) is 10.4. The maximum absolute atomic E-state index is 4.04. The zero-order valence-electron chi connectivity index (χ0n) is 16.1. The van der Waals surface area contributed by atoms with E-state index in [1.165, 1.54) is 50.5 Å². The Hall–Kier alpha value is -0.560. The SMILES string of the molecule is C=C(C)C(=C)CCCNCCCC(C)(C)CCCCC(C)C. The molecule has 0 fully saturated rings. The first kappa shape index (κ1) is 21.4. The second-order valence-electron chi connectivity index (χ2n) is 8.14. The van der Waals surface area contributed by atoms with Gasteiger partial charge in [0.05, 0.1) is 0 Å².